The molecule has 2 saturated heterocycles. The molecule has 110 valence electrons. The Labute approximate surface area is 113 Å². The molecular weight excluding hydrogens is 251 g/mol. The highest BCUT2D eigenvalue weighted by Crippen LogP contribution is 2.19. The van der Waals surface area contributed by atoms with Crippen LogP contribution in [0.15, 0.2) is 0 Å². The van der Waals surface area contributed by atoms with Crippen molar-refractivity contribution in [2.75, 3.05) is 13.1 Å². The molecule has 2 heterocycles. The lowest BCUT2D eigenvalue weighted by atomic mass is 10.1. The molecule has 0 saturated carbocycles. The summed E-state index contributed by atoms with van der Waals surface area (Å²) in [6.45, 7) is 6.32. The number of rotatable bonds is 3. The maximum atomic E-state index is 14.0. The van der Waals surface area contributed by atoms with Crippen LogP contribution in [0.25, 0.3) is 0 Å². The van der Waals surface area contributed by atoms with Gasteiger partial charge in [-0.1, -0.05) is 0 Å². The fourth-order valence-corrected chi connectivity index (χ4v) is 2.44. The first-order valence-corrected chi connectivity index (χ1v) is 6.83. The molecule has 19 heavy (non-hydrogen) atoms. The third-order valence-electron chi connectivity index (χ3n) is 3.35. The molecule has 7 heteroatoms. The number of likely N-dealkylation sites (tertiary alicyclic amines) is 1. The van der Waals surface area contributed by atoms with Gasteiger partial charge in [-0.3, -0.25) is 10.1 Å². The van der Waals surface area contributed by atoms with E-state index in [2.05, 4.69) is 16.2 Å². The predicted octanol–water partition coefficient (Wildman–Crippen LogP) is -0.280. The molecule has 6 nitrogen and oxygen atoms in total. The van der Waals surface area contributed by atoms with E-state index in [1.165, 1.54) is 0 Å². The van der Waals surface area contributed by atoms with E-state index in [0.29, 0.717) is 13.0 Å². The second kappa shape index (κ2) is 6.13. The first kappa shape index (κ1) is 14.6. The molecule has 2 fully saturated rings. The van der Waals surface area contributed by atoms with E-state index in [1.54, 1.807) is 4.90 Å². The zero-order chi connectivity index (χ0) is 14.0. The van der Waals surface area contributed by atoms with Gasteiger partial charge in [-0.25, -0.2) is 15.2 Å². The van der Waals surface area contributed by atoms with Crippen molar-refractivity contribution in [3.05, 3.63) is 0 Å². The molecule has 2 unspecified atom stereocenters. The van der Waals surface area contributed by atoms with Crippen molar-refractivity contribution < 1.29 is 13.9 Å². The third-order valence-corrected chi connectivity index (χ3v) is 3.35. The standard InChI is InChI=1S/C12H23FN4O2/c1-7(2)19-10-4-5-17(6-9(10)13)12(18)11-14-8(3)15-16-11/h7-11,14-16H,4-6H2,1-3H3/t8?,9-,10+,11?/m1/s1. The van der Waals surface area contributed by atoms with E-state index >= 15 is 0 Å². The van der Waals surface area contributed by atoms with Crippen LogP contribution < -0.4 is 16.2 Å². The normalized spacial score (nSPS) is 35.9. The van der Waals surface area contributed by atoms with E-state index in [9.17, 15) is 9.18 Å². The Hall–Kier alpha value is -0.760. The number of ether oxygens (including phenoxy) is 1. The van der Waals surface area contributed by atoms with Crippen molar-refractivity contribution in [2.24, 2.45) is 0 Å². The smallest absolute Gasteiger partial charge is 0.255 e. The van der Waals surface area contributed by atoms with E-state index in [4.69, 9.17) is 4.74 Å². The number of hydrazine groups is 1. The fourth-order valence-electron chi connectivity index (χ4n) is 2.44. The largest absolute Gasteiger partial charge is 0.372 e. The Bertz CT molecular complexity index is 329. The van der Waals surface area contributed by atoms with Crippen LogP contribution in [0.5, 0.6) is 0 Å². The lowest BCUT2D eigenvalue weighted by molar-refractivity contribution is -0.140. The van der Waals surface area contributed by atoms with E-state index in [-0.39, 0.29) is 24.7 Å². The molecule has 3 N–H and O–H groups in total. The topological polar surface area (TPSA) is 65.6 Å². The number of hydrogen-bond donors (Lipinski definition) is 3. The van der Waals surface area contributed by atoms with Crippen LogP contribution >= 0.6 is 0 Å². The summed E-state index contributed by atoms with van der Waals surface area (Å²) in [5.41, 5.74) is 5.76. The molecule has 0 aliphatic carbocycles. The molecule has 1 amide bonds. The second-order valence-corrected chi connectivity index (χ2v) is 5.42. The van der Waals surface area contributed by atoms with Gasteiger partial charge >= 0.3 is 0 Å². The lowest BCUT2D eigenvalue weighted by Crippen LogP contribution is -2.55. The summed E-state index contributed by atoms with van der Waals surface area (Å²) in [7, 11) is 0. The molecule has 2 aliphatic heterocycles. The van der Waals surface area contributed by atoms with Gasteiger partial charge in [-0.2, -0.15) is 0 Å². The summed E-state index contributed by atoms with van der Waals surface area (Å²) in [4.78, 5) is 13.7. The molecule has 0 aromatic rings. The first-order chi connectivity index (χ1) is 8.97. The van der Waals surface area contributed by atoms with Crippen molar-refractivity contribution in [3.63, 3.8) is 0 Å². The zero-order valence-corrected chi connectivity index (χ0v) is 11.6. The molecule has 0 radical (unpaired) electrons. The number of alkyl halides is 1. The van der Waals surface area contributed by atoms with E-state index in [0.717, 1.165) is 0 Å². The SMILES string of the molecule is CC1NNC(C(=O)N2CC[C@H](OC(C)C)[C@H](F)C2)N1. The number of hydrogen-bond acceptors (Lipinski definition) is 5. The monoisotopic (exact) mass is 274 g/mol. The van der Waals surface area contributed by atoms with Gasteiger partial charge in [0.05, 0.1) is 24.9 Å². The molecule has 0 spiro atoms. The van der Waals surface area contributed by atoms with Crippen LogP contribution in [0, 0.1) is 0 Å². The Morgan fingerprint density at radius 3 is 2.68 bits per heavy atom. The summed E-state index contributed by atoms with van der Waals surface area (Å²) in [6.07, 6.45) is -1.42. The first-order valence-electron chi connectivity index (χ1n) is 6.83. The van der Waals surface area contributed by atoms with Crippen LogP contribution in [0.4, 0.5) is 4.39 Å². The average molecular weight is 274 g/mol. The molecule has 0 aromatic carbocycles. The number of nitrogens with zero attached hydrogens (tertiary/aromatic N) is 1. The molecule has 0 bridgehead atoms. The van der Waals surface area contributed by atoms with Gasteiger partial charge in [-0.15, -0.1) is 0 Å². The van der Waals surface area contributed by atoms with Crippen molar-refractivity contribution in [2.45, 2.75) is 57.9 Å². The minimum Gasteiger partial charge on any atom is -0.372 e. The summed E-state index contributed by atoms with van der Waals surface area (Å²) in [5, 5.41) is 3.04. The van der Waals surface area contributed by atoms with Crippen LogP contribution in [0.3, 0.4) is 0 Å². The van der Waals surface area contributed by atoms with Gasteiger partial charge in [0.2, 0.25) is 0 Å². The van der Waals surface area contributed by atoms with Crippen LogP contribution in [0.1, 0.15) is 27.2 Å². The zero-order valence-electron chi connectivity index (χ0n) is 11.6. The van der Waals surface area contributed by atoms with Gasteiger partial charge in [0.15, 0.2) is 6.17 Å². The minimum absolute atomic E-state index is 0.00807. The summed E-state index contributed by atoms with van der Waals surface area (Å²) in [6, 6.07) is 0. The van der Waals surface area contributed by atoms with Crippen molar-refractivity contribution in [1.29, 1.82) is 0 Å². The number of nitrogens with one attached hydrogen (secondary N) is 3. The molecule has 4 atom stereocenters. The van der Waals surface area contributed by atoms with E-state index < -0.39 is 18.4 Å². The van der Waals surface area contributed by atoms with Crippen molar-refractivity contribution in [3.8, 4) is 0 Å². The van der Waals surface area contributed by atoms with Gasteiger partial charge in [0, 0.05) is 6.54 Å². The highest BCUT2D eigenvalue weighted by atomic mass is 19.1. The van der Waals surface area contributed by atoms with E-state index in [1.807, 2.05) is 20.8 Å². The average Bonchev–Trinajstić information content (AvgIpc) is 2.77. The van der Waals surface area contributed by atoms with Crippen molar-refractivity contribution in [1.82, 2.24) is 21.1 Å². The van der Waals surface area contributed by atoms with Gasteiger partial charge in [0.1, 0.15) is 6.17 Å². The highest BCUT2D eigenvalue weighted by Gasteiger charge is 2.36. The Balaban J connectivity index is 1.85. The number of halogens is 1. The molecule has 0 aromatic heterocycles. The van der Waals surface area contributed by atoms with Gasteiger partial charge in [0.25, 0.3) is 5.91 Å². The highest BCUT2D eigenvalue weighted by molar-refractivity contribution is 5.81. The number of piperidine rings is 1. The number of carbonyl (C=O) groups excluding carboxylic acids is 1. The predicted molar refractivity (Wildman–Crippen MR) is 68.8 cm³/mol. The molecular formula is C12H23FN4O2. The molecule has 2 aliphatic rings. The van der Waals surface area contributed by atoms with Gasteiger partial charge < -0.3 is 9.64 Å². The Kier molecular flexibility index (Phi) is 4.72. The molecule has 2 rings (SSSR count). The Morgan fingerprint density at radius 2 is 2.16 bits per heavy atom. The Morgan fingerprint density at radius 1 is 1.42 bits per heavy atom. The second-order valence-electron chi connectivity index (χ2n) is 5.42. The lowest BCUT2D eigenvalue weighted by Gasteiger charge is -2.36. The maximum absolute atomic E-state index is 14.0. The maximum Gasteiger partial charge on any atom is 0.255 e. The summed E-state index contributed by atoms with van der Waals surface area (Å²) in [5.74, 6) is -0.123. The summed E-state index contributed by atoms with van der Waals surface area (Å²) < 4.78 is 19.5. The van der Waals surface area contributed by atoms with Crippen LogP contribution in [-0.4, -0.2) is 54.6 Å². The quantitative estimate of drug-likeness (QED) is 0.660. The van der Waals surface area contributed by atoms with Gasteiger partial charge in [-0.05, 0) is 27.2 Å². The number of amides is 1. The summed E-state index contributed by atoms with van der Waals surface area (Å²) >= 11 is 0. The van der Waals surface area contributed by atoms with Crippen LogP contribution in [0.2, 0.25) is 0 Å². The minimum atomic E-state index is -1.12. The van der Waals surface area contributed by atoms with Crippen molar-refractivity contribution >= 4 is 5.91 Å². The van der Waals surface area contributed by atoms with Crippen LogP contribution in [-0.2, 0) is 9.53 Å². The number of carbonyl (C=O) groups is 1. The fraction of sp³-hybridized carbons (Fsp3) is 0.917. The third kappa shape index (κ3) is 3.62.